The Bertz CT molecular complexity index is 599. The fourth-order valence-electron chi connectivity index (χ4n) is 4.84. The van der Waals surface area contributed by atoms with E-state index in [4.69, 9.17) is 14.2 Å². The zero-order valence-electron chi connectivity index (χ0n) is 24.1. The first-order valence-electron chi connectivity index (χ1n) is 15.5. The van der Waals surface area contributed by atoms with Crippen LogP contribution in [0.1, 0.15) is 142 Å². The molecule has 5 atom stereocenters. The summed E-state index contributed by atoms with van der Waals surface area (Å²) in [6.45, 7) is 3.84. The highest BCUT2D eigenvalue weighted by Crippen LogP contribution is 2.26. The third-order valence-electron chi connectivity index (χ3n) is 7.31. The number of ether oxygens (including phenoxy) is 3. The van der Waals surface area contributed by atoms with Crippen molar-refractivity contribution >= 4 is 11.9 Å². The monoisotopic (exact) mass is 544 g/mol. The molecule has 8 heteroatoms. The van der Waals surface area contributed by atoms with Crippen molar-refractivity contribution in [2.75, 3.05) is 6.61 Å². The number of carbonyl (C=O) groups is 2. The van der Waals surface area contributed by atoms with Crippen LogP contribution in [-0.4, -0.2) is 64.6 Å². The summed E-state index contributed by atoms with van der Waals surface area (Å²) in [6, 6.07) is 0. The molecular weight excluding hydrogens is 488 g/mol. The summed E-state index contributed by atoms with van der Waals surface area (Å²) in [5, 5.41) is 30.3. The highest BCUT2D eigenvalue weighted by molar-refractivity contribution is 5.70. The Labute approximate surface area is 230 Å². The molecule has 1 fully saturated rings. The van der Waals surface area contributed by atoms with Gasteiger partial charge in [-0.2, -0.15) is 0 Å². The second kappa shape index (κ2) is 22.6. The SMILES string of the molecule is CCCCCCCCCCCC(=O)OC1O[C@H](CO)[C@@H](O)[C@H](O)[C@H]1OC(=O)CCCCCCCCCCC. The number of unbranched alkanes of at least 4 members (excludes halogenated alkanes) is 16. The lowest BCUT2D eigenvalue weighted by Gasteiger charge is -2.40. The molecule has 0 aromatic heterocycles. The summed E-state index contributed by atoms with van der Waals surface area (Å²) >= 11 is 0. The summed E-state index contributed by atoms with van der Waals surface area (Å²) in [7, 11) is 0. The molecule has 0 aromatic rings. The highest BCUT2D eigenvalue weighted by Gasteiger charge is 2.48. The van der Waals surface area contributed by atoms with Crippen molar-refractivity contribution in [3.63, 3.8) is 0 Å². The standard InChI is InChI=1S/C30H56O8/c1-3-5-7-9-11-13-15-17-19-21-25(32)37-29-28(35)27(34)24(23-31)36-30(29)38-26(33)22-20-18-16-14-12-10-8-6-4-2/h24,27-31,34-35H,3-23H2,1-2H3/t24-,27-,28+,29-,30?/m1/s1. The number of hydrogen-bond donors (Lipinski definition) is 3. The van der Waals surface area contributed by atoms with E-state index in [1.165, 1.54) is 64.2 Å². The largest absolute Gasteiger partial charge is 0.453 e. The Morgan fingerprint density at radius 3 is 1.42 bits per heavy atom. The van der Waals surface area contributed by atoms with Crippen LogP contribution < -0.4 is 0 Å². The van der Waals surface area contributed by atoms with E-state index < -0.39 is 49.3 Å². The molecule has 3 N–H and O–H groups in total. The highest BCUT2D eigenvalue weighted by atomic mass is 16.7. The predicted octanol–water partition coefficient (Wildman–Crippen LogP) is 5.72. The van der Waals surface area contributed by atoms with Gasteiger partial charge in [-0.3, -0.25) is 9.59 Å². The van der Waals surface area contributed by atoms with Crippen LogP contribution in [0, 0.1) is 0 Å². The third-order valence-corrected chi connectivity index (χ3v) is 7.31. The van der Waals surface area contributed by atoms with E-state index in [-0.39, 0.29) is 12.8 Å². The maximum Gasteiger partial charge on any atom is 0.308 e. The van der Waals surface area contributed by atoms with Crippen LogP contribution in [-0.2, 0) is 23.8 Å². The van der Waals surface area contributed by atoms with E-state index in [1.54, 1.807) is 0 Å². The molecule has 0 amide bonds. The Morgan fingerprint density at radius 2 is 1.00 bits per heavy atom. The van der Waals surface area contributed by atoms with Crippen molar-refractivity contribution in [3.05, 3.63) is 0 Å². The summed E-state index contributed by atoms with van der Waals surface area (Å²) in [4.78, 5) is 24.9. The van der Waals surface area contributed by atoms with Crippen molar-refractivity contribution in [2.45, 2.75) is 173 Å². The molecular formula is C30H56O8. The van der Waals surface area contributed by atoms with Crippen molar-refractivity contribution in [1.82, 2.24) is 0 Å². The van der Waals surface area contributed by atoms with Gasteiger partial charge in [0.1, 0.15) is 18.3 Å². The van der Waals surface area contributed by atoms with Crippen molar-refractivity contribution in [2.24, 2.45) is 0 Å². The van der Waals surface area contributed by atoms with Crippen LogP contribution in [0.3, 0.4) is 0 Å². The Morgan fingerprint density at radius 1 is 0.605 bits per heavy atom. The van der Waals surface area contributed by atoms with Gasteiger partial charge in [-0.1, -0.05) is 117 Å². The molecule has 0 bridgehead atoms. The van der Waals surface area contributed by atoms with E-state index in [0.29, 0.717) is 12.8 Å². The number of rotatable bonds is 23. The smallest absolute Gasteiger partial charge is 0.308 e. The lowest BCUT2D eigenvalue weighted by Crippen LogP contribution is -2.60. The van der Waals surface area contributed by atoms with E-state index >= 15 is 0 Å². The molecule has 38 heavy (non-hydrogen) atoms. The first-order chi connectivity index (χ1) is 18.4. The molecule has 0 spiro atoms. The van der Waals surface area contributed by atoms with Crippen molar-refractivity contribution in [3.8, 4) is 0 Å². The Kier molecular flexibility index (Phi) is 20.7. The van der Waals surface area contributed by atoms with Crippen molar-refractivity contribution in [1.29, 1.82) is 0 Å². The fraction of sp³-hybridized carbons (Fsp3) is 0.933. The number of hydrogen-bond acceptors (Lipinski definition) is 8. The molecule has 1 unspecified atom stereocenters. The van der Waals surface area contributed by atoms with Crippen LogP contribution in [0.5, 0.6) is 0 Å². The van der Waals surface area contributed by atoms with Gasteiger partial charge in [-0.05, 0) is 12.8 Å². The van der Waals surface area contributed by atoms with Crippen LogP contribution in [0.15, 0.2) is 0 Å². The quantitative estimate of drug-likeness (QED) is 0.110. The number of esters is 2. The van der Waals surface area contributed by atoms with E-state index in [0.717, 1.165) is 38.5 Å². The molecule has 224 valence electrons. The minimum atomic E-state index is -1.53. The molecule has 0 aromatic carbocycles. The minimum absolute atomic E-state index is 0.178. The van der Waals surface area contributed by atoms with Gasteiger partial charge in [0.25, 0.3) is 0 Å². The summed E-state index contributed by atoms with van der Waals surface area (Å²) in [6.07, 6.45) is 13.7. The van der Waals surface area contributed by atoms with Gasteiger partial charge in [0.05, 0.1) is 6.61 Å². The minimum Gasteiger partial charge on any atom is -0.453 e. The average Bonchev–Trinajstić information content (AvgIpc) is 2.90. The second-order valence-electron chi connectivity index (χ2n) is 10.8. The third kappa shape index (κ3) is 15.4. The number of aliphatic hydroxyl groups excluding tert-OH is 3. The van der Waals surface area contributed by atoms with Crippen LogP contribution in [0.25, 0.3) is 0 Å². The van der Waals surface area contributed by atoms with E-state index in [1.807, 2.05) is 0 Å². The zero-order chi connectivity index (χ0) is 28.0. The normalized spacial score (nSPS) is 23.3. The summed E-state index contributed by atoms with van der Waals surface area (Å²) < 4.78 is 16.3. The van der Waals surface area contributed by atoms with Crippen LogP contribution in [0.2, 0.25) is 0 Å². The molecule has 0 aliphatic carbocycles. The lowest BCUT2D eigenvalue weighted by molar-refractivity contribution is -0.296. The molecule has 1 aliphatic heterocycles. The molecule has 1 heterocycles. The average molecular weight is 545 g/mol. The van der Waals surface area contributed by atoms with Gasteiger partial charge in [0.2, 0.25) is 6.29 Å². The van der Waals surface area contributed by atoms with Gasteiger partial charge in [-0.15, -0.1) is 0 Å². The Hall–Kier alpha value is -1.22. The number of aliphatic hydroxyl groups is 3. The van der Waals surface area contributed by atoms with Crippen molar-refractivity contribution < 1.29 is 39.1 Å². The van der Waals surface area contributed by atoms with Crippen LogP contribution >= 0.6 is 0 Å². The first kappa shape index (κ1) is 34.8. The van der Waals surface area contributed by atoms with Gasteiger partial charge in [0.15, 0.2) is 6.10 Å². The van der Waals surface area contributed by atoms with Gasteiger partial charge >= 0.3 is 11.9 Å². The van der Waals surface area contributed by atoms with Crippen LogP contribution in [0.4, 0.5) is 0 Å². The second-order valence-corrected chi connectivity index (χ2v) is 10.8. The summed E-state index contributed by atoms with van der Waals surface area (Å²) in [5.74, 6) is -1.05. The van der Waals surface area contributed by atoms with E-state index in [2.05, 4.69) is 13.8 Å². The molecule has 1 saturated heterocycles. The lowest BCUT2D eigenvalue weighted by atomic mass is 9.99. The first-order valence-corrected chi connectivity index (χ1v) is 15.5. The maximum absolute atomic E-state index is 12.4. The summed E-state index contributed by atoms with van der Waals surface area (Å²) in [5.41, 5.74) is 0. The topological polar surface area (TPSA) is 123 Å². The number of carbonyl (C=O) groups excluding carboxylic acids is 2. The Balaban J connectivity index is 2.39. The zero-order valence-corrected chi connectivity index (χ0v) is 24.1. The maximum atomic E-state index is 12.4. The fourth-order valence-corrected chi connectivity index (χ4v) is 4.84. The van der Waals surface area contributed by atoms with Gasteiger partial charge in [0, 0.05) is 12.8 Å². The molecule has 0 saturated carbocycles. The van der Waals surface area contributed by atoms with E-state index in [9.17, 15) is 24.9 Å². The predicted molar refractivity (Wildman–Crippen MR) is 147 cm³/mol. The molecule has 0 radical (unpaired) electrons. The molecule has 1 rings (SSSR count). The van der Waals surface area contributed by atoms with Gasteiger partial charge in [-0.25, -0.2) is 0 Å². The molecule has 8 nitrogen and oxygen atoms in total. The van der Waals surface area contributed by atoms with Gasteiger partial charge < -0.3 is 29.5 Å². The molecule has 1 aliphatic rings.